The molecule has 2 aromatic carbocycles. The van der Waals surface area contributed by atoms with Gasteiger partial charge in [-0.15, -0.1) is 0 Å². The van der Waals surface area contributed by atoms with E-state index in [0.717, 1.165) is 5.56 Å². The lowest BCUT2D eigenvalue weighted by molar-refractivity contribution is -0.112. The molecule has 0 fully saturated rings. The predicted octanol–water partition coefficient (Wildman–Crippen LogP) is 5.74. The highest BCUT2D eigenvalue weighted by Gasteiger charge is 2.06. The van der Waals surface area contributed by atoms with Crippen LogP contribution in [0.25, 0.3) is 6.08 Å². The van der Waals surface area contributed by atoms with Crippen LogP contribution in [-0.2, 0) is 4.79 Å². The van der Waals surface area contributed by atoms with Gasteiger partial charge in [-0.05, 0) is 57.9 Å². The summed E-state index contributed by atoms with van der Waals surface area (Å²) >= 11 is 14.7. The molecule has 0 aromatic heterocycles. The van der Waals surface area contributed by atoms with Crippen LogP contribution in [0.4, 0.5) is 5.69 Å². The van der Waals surface area contributed by atoms with Crippen LogP contribution in [0, 0.1) is 0 Å². The second kappa shape index (κ2) is 8.29. The van der Waals surface area contributed by atoms with Gasteiger partial charge in [0.2, 0.25) is 0 Å². The fourth-order valence-corrected chi connectivity index (χ4v) is 2.19. The third-order valence-corrected chi connectivity index (χ3v) is 4.15. The lowest BCUT2D eigenvalue weighted by Gasteiger charge is -2.04. The van der Waals surface area contributed by atoms with E-state index in [-0.39, 0.29) is 16.2 Å². The number of rotatable bonds is 5. The Morgan fingerprint density at radius 3 is 2.29 bits per heavy atom. The van der Waals surface area contributed by atoms with Gasteiger partial charge < -0.3 is 5.32 Å². The van der Waals surface area contributed by atoms with Gasteiger partial charge in [-0.2, -0.15) is 0 Å². The molecule has 0 radical (unpaired) electrons. The topological polar surface area (TPSA) is 46.2 Å². The van der Waals surface area contributed by atoms with Crippen molar-refractivity contribution in [3.63, 3.8) is 0 Å². The highest BCUT2D eigenvalue weighted by Crippen LogP contribution is 2.23. The third-order valence-electron chi connectivity index (χ3n) is 3.05. The van der Waals surface area contributed by atoms with Gasteiger partial charge in [-0.3, -0.25) is 9.59 Å². The summed E-state index contributed by atoms with van der Waals surface area (Å²) in [6.07, 6.45) is 3.13. The second-order valence-corrected chi connectivity index (χ2v) is 6.58. The molecule has 3 nitrogen and oxygen atoms in total. The molecular formula is C18H12BrCl2NO2. The number of carbonyl (C=O) groups excluding carboxylic acids is 2. The van der Waals surface area contributed by atoms with Crippen LogP contribution in [-0.4, -0.2) is 11.7 Å². The van der Waals surface area contributed by atoms with Gasteiger partial charge in [-0.25, -0.2) is 0 Å². The summed E-state index contributed by atoms with van der Waals surface area (Å²) in [6, 6.07) is 11.8. The molecule has 1 N–H and O–H groups in total. The molecule has 0 bridgehead atoms. The van der Waals surface area contributed by atoms with Crippen molar-refractivity contribution in [3.8, 4) is 0 Å². The number of hydrogen-bond acceptors (Lipinski definition) is 2. The molecule has 2 aromatic rings. The molecule has 0 heterocycles. The maximum Gasteiger partial charge on any atom is 0.262 e. The molecule has 0 saturated carbocycles. The van der Waals surface area contributed by atoms with E-state index in [1.807, 2.05) is 0 Å². The minimum Gasteiger partial charge on any atom is -0.322 e. The van der Waals surface area contributed by atoms with Crippen LogP contribution in [0.15, 0.2) is 59.6 Å². The average molecular weight is 425 g/mol. The Bertz CT molecular complexity index is 829. The second-order valence-electron chi connectivity index (χ2n) is 4.81. The van der Waals surface area contributed by atoms with Gasteiger partial charge in [-0.1, -0.05) is 48.0 Å². The summed E-state index contributed by atoms with van der Waals surface area (Å²) in [5, 5.41) is 3.41. The summed E-state index contributed by atoms with van der Waals surface area (Å²) in [5.74, 6) is -0.491. The average Bonchev–Trinajstić information content (AvgIpc) is 2.56. The van der Waals surface area contributed by atoms with Crippen molar-refractivity contribution in [1.82, 2.24) is 0 Å². The molecule has 0 aliphatic heterocycles. The molecule has 0 aliphatic rings. The zero-order valence-corrected chi connectivity index (χ0v) is 15.5. The summed E-state index contributed by atoms with van der Waals surface area (Å²) in [5.41, 5.74) is 1.91. The first-order valence-corrected chi connectivity index (χ1v) is 8.35. The van der Waals surface area contributed by atoms with Crippen LogP contribution in [0.2, 0.25) is 10.0 Å². The monoisotopic (exact) mass is 423 g/mol. The molecule has 122 valence electrons. The third kappa shape index (κ3) is 5.06. The highest BCUT2D eigenvalue weighted by atomic mass is 79.9. The number of nitrogens with one attached hydrogen (secondary N) is 1. The first kappa shape index (κ1) is 18.5. The van der Waals surface area contributed by atoms with Crippen LogP contribution in [0.1, 0.15) is 15.9 Å². The molecule has 0 unspecified atom stereocenters. The predicted molar refractivity (Wildman–Crippen MR) is 103 cm³/mol. The quantitative estimate of drug-likeness (QED) is 0.491. The number of amides is 1. The zero-order chi connectivity index (χ0) is 17.7. The van der Waals surface area contributed by atoms with E-state index in [9.17, 15) is 9.59 Å². The number of halogens is 3. The van der Waals surface area contributed by atoms with E-state index in [1.54, 1.807) is 42.5 Å². The molecule has 0 aliphatic carbocycles. The van der Waals surface area contributed by atoms with E-state index in [1.165, 1.54) is 12.1 Å². The lowest BCUT2D eigenvalue weighted by Crippen LogP contribution is -2.10. The van der Waals surface area contributed by atoms with E-state index in [4.69, 9.17) is 23.2 Å². The van der Waals surface area contributed by atoms with E-state index in [0.29, 0.717) is 21.3 Å². The van der Waals surface area contributed by atoms with E-state index >= 15 is 0 Å². The van der Waals surface area contributed by atoms with Crippen molar-refractivity contribution < 1.29 is 9.59 Å². The van der Waals surface area contributed by atoms with Gasteiger partial charge in [0, 0.05) is 11.3 Å². The Balaban J connectivity index is 2.06. The van der Waals surface area contributed by atoms with Crippen molar-refractivity contribution in [2.24, 2.45) is 0 Å². The number of benzene rings is 2. The van der Waals surface area contributed by atoms with Crippen molar-refractivity contribution in [3.05, 3.63) is 80.8 Å². The first-order valence-electron chi connectivity index (χ1n) is 6.80. The Morgan fingerprint density at radius 1 is 1.04 bits per heavy atom. The van der Waals surface area contributed by atoms with Crippen LogP contribution >= 0.6 is 39.1 Å². The fourth-order valence-electron chi connectivity index (χ4n) is 1.79. The van der Waals surface area contributed by atoms with Gasteiger partial charge >= 0.3 is 0 Å². The molecule has 0 spiro atoms. The standard InChI is InChI=1S/C18H12BrCl2NO2/c1-11(19)18(24)22-14-6-2-12(3-7-14)4-9-17(23)13-5-8-15(20)16(21)10-13/h2-10H,1H2,(H,22,24)/b9-4+. The van der Waals surface area contributed by atoms with Crippen molar-refractivity contribution in [2.45, 2.75) is 0 Å². The van der Waals surface area contributed by atoms with E-state index in [2.05, 4.69) is 27.8 Å². The highest BCUT2D eigenvalue weighted by molar-refractivity contribution is 9.12. The maximum atomic E-state index is 12.1. The molecule has 2 rings (SSSR count). The van der Waals surface area contributed by atoms with Crippen molar-refractivity contribution >= 4 is 62.6 Å². The molecule has 6 heteroatoms. The lowest BCUT2D eigenvalue weighted by atomic mass is 10.1. The molecular weight excluding hydrogens is 413 g/mol. The summed E-state index contributed by atoms with van der Waals surface area (Å²) in [7, 11) is 0. The molecule has 0 saturated heterocycles. The van der Waals surface area contributed by atoms with Crippen LogP contribution < -0.4 is 5.32 Å². The van der Waals surface area contributed by atoms with Gasteiger partial charge in [0.25, 0.3) is 5.91 Å². The number of carbonyl (C=O) groups is 2. The van der Waals surface area contributed by atoms with E-state index < -0.39 is 0 Å². The van der Waals surface area contributed by atoms with Gasteiger partial charge in [0.15, 0.2) is 5.78 Å². The minimum absolute atomic E-state index is 0.179. The maximum absolute atomic E-state index is 12.1. The fraction of sp³-hybridized carbons (Fsp3) is 0. The Kier molecular flexibility index (Phi) is 6.37. The largest absolute Gasteiger partial charge is 0.322 e. The summed E-state index contributed by atoms with van der Waals surface area (Å²) in [4.78, 5) is 23.6. The minimum atomic E-state index is -0.312. The molecule has 1 amide bonds. The molecule has 24 heavy (non-hydrogen) atoms. The summed E-state index contributed by atoms with van der Waals surface area (Å²) in [6.45, 7) is 3.50. The Labute approximate surface area is 158 Å². The Morgan fingerprint density at radius 2 is 1.71 bits per heavy atom. The Hall–Kier alpha value is -1.88. The zero-order valence-electron chi connectivity index (χ0n) is 12.4. The SMILES string of the molecule is C=C(Br)C(=O)Nc1ccc(/C=C/C(=O)c2ccc(Cl)c(Cl)c2)cc1. The number of anilines is 1. The summed E-state index contributed by atoms with van der Waals surface area (Å²) < 4.78 is 0.249. The smallest absolute Gasteiger partial charge is 0.262 e. The first-order chi connectivity index (χ1) is 11.4. The van der Waals surface area contributed by atoms with Crippen LogP contribution in [0.5, 0.6) is 0 Å². The normalized spacial score (nSPS) is 10.6. The number of hydrogen-bond donors (Lipinski definition) is 1. The van der Waals surface area contributed by atoms with Crippen molar-refractivity contribution in [1.29, 1.82) is 0 Å². The van der Waals surface area contributed by atoms with Crippen LogP contribution in [0.3, 0.4) is 0 Å². The molecule has 0 atom stereocenters. The van der Waals surface area contributed by atoms with Gasteiger partial charge in [0.1, 0.15) is 0 Å². The number of allylic oxidation sites excluding steroid dienone is 1. The number of ketones is 1. The van der Waals surface area contributed by atoms with Gasteiger partial charge in [0.05, 0.1) is 14.5 Å². The van der Waals surface area contributed by atoms with Crippen molar-refractivity contribution in [2.75, 3.05) is 5.32 Å².